The van der Waals surface area contributed by atoms with Crippen molar-refractivity contribution in [1.82, 2.24) is 9.47 Å². The summed E-state index contributed by atoms with van der Waals surface area (Å²) in [6, 6.07) is 16.6. The molecule has 1 saturated heterocycles. The second-order valence-electron chi connectivity index (χ2n) is 10.0. The highest BCUT2D eigenvalue weighted by molar-refractivity contribution is 5.96. The third-order valence-electron chi connectivity index (χ3n) is 7.15. The Kier molecular flexibility index (Phi) is 7.15. The summed E-state index contributed by atoms with van der Waals surface area (Å²) in [6.07, 6.45) is 5.29. The minimum absolute atomic E-state index is 0.185. The van der Waals surface area contributed by atoms with Gasteiger partial charge in [0.1, 0.15) is 18.4 Å². The molecule has 1 aliphatic carbocycles. The van der Waals surface area contributed by atoms with Crippen molar-refractivity contribution in [3.8, 4) is 23.1 Å². The second kappa shape index (κ2) is 10.6. The lowest BCUT2D eigenvalue weighted by Crippen LogP contribution is -2.25. The molecule has 1 saturated carbocycles. The first-order chi connectivity index (χ1) is 17.5. The zero-order valence-corrected chi connectivity index (χ0v) is 21.1. The van der Waals surface area contributed by atoms with Gasteiger partial charge in [0.15, 0.2) is 0 Å². The monoisotopic (exact) mass is 486 g/mol. The molecule has 188 valence electrons. The van der Waals surface area contributed by atoms with Gasteiger partial charge in [0.05, 0.1) is 22.9 Å². The Morgan fingerprint density at radius 1 is 1.11 bits per heavy atom. The van der Waals surface area contributed by atoms with Crippen molar-refractivity contribution < 1.29 is 14.3 Å². The quantitative estimate of drug-likeness (QED) is 0.402. The zero-order valence-electron chi connectivity index (χ0n) is 21.1. The summed E-state index contributed by atoms with van der Waals surface area (Å²) in [6.45, 7) is 7.57. The van der Waals surface area contributed by atoms with Gasteiger partial charge in [-0.05, 0) is 88.9 Å². The third kappa shape index (κ3) is 5.05. The Hall–Kier alpha value is -3.50. The average molecular weight is 487 g/mol. The van der Waals surface area contributed by atoms with Crippen LogP contribution in [0.3, 0.4) is 0 Å². The number of hydrogen-bond acceptors (Lipinski definition) is 5. The molecule has 7 heteroatoms. The van der Waals surface area contributed by atoms with E-state index in [9.17, 15) is 10.1 Å². The highest BCUT2D eigenvalue weighted by Gasteiger charge is 2.28. The van der Waals surface area contributed by atoms with Gasteiger partial charge in [-0.15, -0.1) is 0 Å². The summed E-state index contributed by atoms with van der Waals surface area (Å²) >= 11 is 0. The fraction of sp³-hybridized carbons (Fsp3) is 0.448. The lowest BCUT2D eigenvalue weighted by molar-refractivity contribution is 0.130. The SMILES string of the molecule is CC(C)OC(=O)Nc1ccc(-c2c(C#N)c3ccc(OCCN4CCCC4)cc3n2C2CCC2)cc1. The Balaban J connectivity index is 1.45. The first-order valence-electron chi connectivity index (χ1n) is 13.0. The number of ether oxygens (including phenoxy) is 2. The highest BCUT2D eigenvalue weighted by Crippen LogP contribution is 2.43. The fourth-order valence-electron chi connectivity index (χ4n) is 5.17. The van der Waals surface area contributed by atoms with Gasteiger partial charge in [-0.3, -0.25) is 10.2 Å². The molecule has 1 aliphatic heterocycles. The summed E-state index contributed by atoms with van der Waals surface area (Å²) in [4.78, 5) is 14.4. The number of amides is 1. The Bertz CT molecular complexity index is 1260. The summed E-state index contributed by atoms with van der Waals surface area (Å²) in [5.74, 6) is 0.846. The van der Waals surface area contributed by atoms with Crippen LogP contribution in [0, 0.1) is 11.3 Å². The second-order valence-corrected chi connectivity index (χ2v) is 10.0. The van der Waals surface area contributed by atoms with Crippen molar-refractivity contribution in [3.63, 3.8) is 0 Å². The maximum absolute atomic E-state index is 12.0. The number of rotatable bonds is 8. The normalized spacial score (nSPS) is 16.2. The van der Waals surface area contributed by atoms with Crippen molar-refractivity contribution in [3.05, 3.63) is 48.0 Å². The molecule has 3 aromatic rings. The van der Waals surface area contributed by atoms with Crippen LogP contribution >= 0.6 is 0 Å². The first-order valence-corrected chi connectivity index (χ1v) is 13.0. The third-order valence-corrected chi connectivity index (χ3v) is 7.15. The van der Waals surface area contributed by atoms with Gasteiger partial charge >= 0.3 is 6.09 Å². The molecule has 1 amide bonds. The standard InChI is InChI=1S/C29H34N4O3/c1-20(2)36-29(34)31-22-10-8-21(9-11-22)28-26(19-30)25-13-12-24(35-17-16-32-14-3-4-15-32)18-27(25)33(28)23-6-5-7-23/h8-13,18,20,23H,3-7,14-17H2,1-2H3,(H,31,34). The lowest BCUT2D eigenvalue weighted by atomic mass is 9.92. The van der Waals surface area contributed by atoms with Gasteiger partial charge in [-0.2, -0.15) is 5.26 Å². The van der Waals surface area contributed by atoms with Gasteiger partial charge in [0.2, 0.25) is 0 Å². The number of nitrogens with one attached hydrogen (secondary N) is 1. The van der Waals surface area contributed by atoms with Crippen molar-refractivity contribution in [2.45, 2.75) is 58.1 Å². The maximum atomic E-state index is 12.0. The van der Waals surface area contributed by atoms with E-state index in [1.807, 2.05) is 50.2 Å². The van der Waals surface area contributed by atoms with E-state index in [0.29, 0.717) is 23.9 Å². The number of carbonyl (C=O) groups is 1. The minimum atomic E-state index is -0.476. The number of aromatic nitrogens is 1. The molecule has 7 nitrogen and oxygen atoms in total. The van der Waals surface area contributed by atoms with E-state index in [1.165, 1.54) is 19.3 Å². The number of likely N-dealkylation sites (tertiary alicyclic amines) is 1. The summed E-state index contributed by atoms with van der Waals surface area (Å²) in [5, 5.41) is 13.9. The summed E-state index contributed by atoms with van der Waals surface area (Å²) in [5.41, 5.74) is 4.27. The first kappa shape index (κ1) is 24.2. The largest absolute Gasteiger partial charge is 0.492 e. The van der Waals surface area contributed by atoms with E-state index < -0.39 is 6.09 Å². The van der Waals surface area contributed by atoms with Gasteiger partial charge < -0.3 is 14.0 Å². The molecular formula is C29H34N4O3. The molecule has 2 heterocycles. The Morgan fingerprint density at radius 2 is 1.86 bits per heavy atom. The van der Waals surface area contributed by atoms with Crippen LogP contribution < -0.4 is 10.1 Å². The molecule has 0 radical (unpaired) electrons. The molecule has 2 fully saturated rings. The molecule has 0 atom stereocenters. The van der Waals surface area contributed by atoms with Crippen LogP contribution in [0.25, 0.3) is 22.2 Å². The number of fused-ring (bicyclic) bond motifs is 1. The van der Waals surface area contributed by atoms with Crippen LogP contribution in [0.4, 0.5) is 10.5 Å². The number of carbonyl (C=O) groups excluding carboxylic acids is 1. The van der Waals surface area contributed by atoms with Gasteiger partial charge in [-0.25, -0.2) is 4.79 Å². The van der Waals surface area contributed by atoms with E-state index in [1.54, 1.807) is 0 Å². The summed E-state index contributed by atoms with van der Waals surface area (Å²) in [7, 11) is 0. The van der Waals surface area contributed by atoms with E-state index >= 15 is 0 Å². The predicted octanol–water partition coefficient (Wildman–Crippen LogP) is 6.34. The van der Waals surface area contributed by atoms with Crippen LogP contribution in [0.15, 0.2) is 42.5 Å². The molecule has 0 unspecified atom stereocenters. The molecule has 0 bridgehead atoms. The van der Waals surface area contributed by atoms with Crippen LogP contribution in [-0.4, -0.2) is 47.9 Å². The molecule has 5 rings (SSSR count). The van der Waals surface area contributed by atoms with Crippen LogP contribution in [0.5, 0.6) is 5.75 Å². The van der Waals surface area contributed by atoms with Crippen LogP contribution in [0.1, 0.15) is 57.6 Å². The molecule has 36 heavy (non-hydrogen) atoms. The number of benzene rings is 2. The average Bonchev–Trinajstić information content (AvgIpc) is 3.44. The summed E-state index contributed by atoms with van der Waals surface area (Å²) < 4.78 is 13.6. The molecule has 2 aliphatic rings. The Morgan fingerprint density at radius 3 is 2.50 bits per heavy atom. The van der Waals surface area contributed by atoms with E-state index in [4.69, 9.17) is 9.47 Å². The maximum Gasteiger partial charge on any atom is 0.411 e. The van der Waals surface area contributed by atoms with Crippen molar-refractivity contribution >= 4 is 22.7 Å². The van der Waals surface area contributed by atoms with Crippen LogP contribution in [0.2, 0.25) is 0 Å². The van der Waals surface area contributed by atoms with Gasteiger partial charge in [-0.1, -0.05) is 12.1 Å². The van der Waals surface area contributed by atoms with Crippen molar-refractivity contribution in [1.29, 1.82) is 5.26 Å². The topological polar surface area (TPSA) is 79.5 Å². The van der Waals surface area contributed by atoms with Crippen LogP contribution in [-0.2, 0) is 4.74 Å². The van der Waals surface area contributed by atoms with Gasteiger partial charge in [0, 0.05) is 29.7 Å². The molecule has 1 aromatic heterocycles. The number of nitriles is 1. The number of anilines is 1. The molecule has 1 N–H and O–H groups in total. The Labute approximate surface area is 212 Å². The number of hydrogen-bond donors (Lipinski definition) is 1. The van der Waals surface area contributed by atoms with E-state index in [2.05, 4.69) is 26.9 Å². The van der Waals surface area contributed by atoms with Gasteiger partial charge in [0.25, 0.3) is 0 Å². The number of nitrogens with zero attached hydrogens (tertiary/aromatic N) is 3. The lowest BCUT2D eigenvalue weighted by Gasteiger charge is -2.30. The molecule has 0 spiro atoms. The van der Waals surface area contributed by atoms with Crippen molar-refractivity contribution in [2.24, 2.45) is 0 Å². The molecule has 2 aromatic carbocycles. The van der Waals surface area contributed by atoms with E-state index in [0.717, 1.165) is 60.4 Å². The molecular weight excluding hydrogens is 452 g/mol. The predicted molar refractivity (Wildman–Crippen MR) is 141 cm³/mol. The minimum Gasteiger partial charge on any atom is -0.492 e. The fourth-order valence-corrected chi connectivity index (χ4v) is 5.17. The van der Waals surface area contributed by atoms with E-state index in [-0.39, 0.29) is 6.10 Å². The highest BCUT2D eigenvalue weighted by atomic mass is 16.6. The zero-order chi connectivity index (χ0) is 25.1. The smallest absolute Gasteiger partial charge is 0.411 e. The van der Waals surface area contributed by atoms with Crippen molar-refractivity contribution in [2.75, 3.05) is 31.6 Å².